The number of piperidine rings is 1. The first kappa shape index (κ1) is 13.2. The number of carbonyl (C=O) groups is 1. The molecule has 2 fully saturated rings. The van der Waals surface area contributed by atoms with Crippen molar-refractivity contribution in [1.29, 1.82) is 0 Å². The van der Waals surface area contributed by atoms with Gasteiger partial charge in [0.15, 0.2) is 0 Å². The van der Waals surface area contributed by atoms with Gasteiger partial charge < -0.3 is 10.2 Å². The molecule has 17 heavy (non-hydrogen) atoms. The zero-order chi connectivity index (χ0) is 12.1. The van der Waals surface area contributed by atoms with E-state index in [-0.39, 0.29) is 5.25 Å². The first-order valence-electron chi connectivity index (χ1n) is 6.84. The Balaban J connectivity index is 1.77. The van der Waals surface area contributed by atoms with Crippen molar-refractivity contribution in [3.05, 3.63) is 0 Å². The summed E-state index contributed by atoms with van der Waals surface area (Å²) in [5.41, 5.74) is 0. The minimum Gasteiger partial charge on any atom is -0.345 e. The maximum absolute atomic E-state index is 12.3. The second-order valence-corrected chi connectivity index (χ2v) is 6.58. The minimum absolute atomic E-state index is 0.246. The quantitative estimate of drug-likeness (QED) is 0.834. The molecule has 2 aliphatic heterocycles. The minimum atomic E-state index is 0.246. The van der Waals surface area contributed by atoms with Gasteiger partial charge in [-0.25, -0.2) is 0 Å². The van der Waals surface area contributed by atoms with Crippen molar-refractivity contribution in [2.75, 3.05) is 32.4 Å². The number of amides is 1. The van der Waals surface area contributed by atoms with Gasteiger partial charge in [-0.05, 0) is 50.4 Å². The molecule has 0 bridgehead atoms. The molecule has 98 valence electrons. The van der Waals surface area contributed by atoms with Crippen molar-refractivity contribution in [2.24, 2.45) is 5.92 Å². The Hall–Kier alpha value is -0.220. The van der Waals surface area contributed by atoms with Crippen LogP contribution in [0.3, 0.4) is 0 Å². The van der Waals surface area contributed by atoms with Crippen LogP contribution in [0.15, 0.2) is 0 Å². The Morgan fingerprint density at radius 2 is 2.06 bits per heavy atom. The molecule has 0 aromatic rings. The van der Waals surface area contributed by atoms with Gasteiger partial charge in [-0.15, -0.1) is 11.8 Å². The molecule has 1 amide bonds. The predicted octanol–water partition coefficient (Wildman–Crippen LogP) is 1.73. The molecule has 2 aliphatic rings. The summed E-state index contributed by atoms with van der Waals surface area (Å²) in [6.07, 6.45) is 6.03. The molecule has 0 aliphatic carbocycles. The lowest BCUT2D eigenvalue weighted by Crippen LogP contribution is -2.41. The highest BCUT2D eigenvalue weighted by Gasteiger charge is 2.26. The van der Waals surface area contributed by atoms with Gasteiger partial charge in [0.25, 0.3) is 0 Å². The van der Waals surface area contributed by atoms with E-state index in [0.717, 1.165) is 31.8 Å². The molecule has 0 aromatic heterocycles. The molecule has 0 aromatic carbocycles. The van der Waals surface area contributed by atoms with Crippen LogP contribution >= 0.6 is 11.8 Å². The monoisotopic (exact) mass is 256 g/mol. The second kappa shape index (κ2) is 6.64. The van der Waals surface area contributed by atoms with Crippen LogP contribution in [0.5, 0.6) is 0 Å². The number of hydrogen-bond acceptors (Lipinski definition) is 3. The van der Waals surface area contributed by atoms with Crippen LogP contribution < -0.4 is 5.32 Å². The fourth-order valence-electron chi connectivity index (χ4n) is 2.72. The lowest BCUT2D eigenvalue weighted by atomic mass is 9.97. The normalized spacial score (nSPS) is 26.8. The lowest BCUT2D eigenvalue weighted by Gasteiger charge is -2.30. The van der Waals surface area contributed by atoms with Crippen LogP contribution in [-0.2, 0) is 4.79 Å². The van der Waals surface area contributed by atoms with Crippen LogP contribution in [0, 0.1) is 5.92 Å². The molecule has 0 spiro atoms. The van der Waals surface area contributed by atoms with Gasteiger partial charge in [-0.2, -0.15) is 0 Å². The molecule has 1 unspecified atom stereocenters. The number of thioether (sulfide) groups is 1. The SMILES string of the molecule is CN(CC1CCNCC1)C(=O)C1CCCCS1. The van der Waals surface area contributed by atoms with Crippen LogP contribution in [-0.4, -0.2) is 48.5 Å². The molecule has 1 atom stereocenters. The van der Waals surface area contributed by atoms with Gasteiger partial charge in [-0.3, -0.25) is 4.79 Å². The first-order valence-corrected chi connectivity index (χ1v) is 7.89. The Morgan fingerprint density at radius 1 is 1.29 bits per heavy atom. The Labute approximate surface area is 109 Å². The highest BCUT2D eigenvalue weighted by Crippen LogP contribution is 2.26. The van der Waals surface area contributed by atoms with Crippen LogP contribution in [0.1, 0.15) is 32.1 Å². The highest BCUT2D eigenvalue weighted by atomic mass is 32.2. The third-order valence-electron chi connectivity index (χ3n) is 3.82. The molecule has 1 N–H and O–H groups in total. The van der Waals surface area contributed by atoms with Gasteiger partial charge in [0.2, 0.25) is 5.91 Å². The summed E-state index contributed by atoms with van der Waals surface area (Å²) < 4.78 is 0. The van der Waals surface area contributed by atoms with Gasteiger partial charge in [-0.1, -0.05) is 6.42 Å². The van der Waals surface area contributed by atoms with Gasteiger partial charge in [0.1, 0.15) is 0 Å². The molecule has 4 heteroatoms. The van der Waals surface area contributed by atoms with Crippen LogP contribution in [0.25, 0.3) is 0 Å². The van der Waals surface area contributed by atoms with Crippen molar-refractivity contribution in [1.82, 2.24) is 10.2 Å². The Kier molecular flexibility index (Phi) is 5.16. The fraction of sp³-hybridized carbons (Fsp3) is 0.923. The highest BCUT2D eigenvalue weighted by molar-refractivity contribution is 8.00. The molecule has 2 saturated heterocycles. The Morgan fingerprint density at radius 3 is 2.71 bits per heavy atom. The summed E-state index contributed by atoms with van der Waals surface area (Å²) >= 11 is 1.86. The summed E-state index contributed by atoms with van der Waals surface area (Å²) in [4.78, 5) is 14.2. The molecular weight excluding hydrogens is 232 g/mol. The van der Waals surface area contributed by atoms with Gasteiger partial charge >= 0.3 is 0 Å². The molecule has 0 radical (unpaired) electrons. The molecule has 2 heterocycles. The first-order chi connectivity index (χ1) is 8.27. The van der Waals surface area contributed by atoms with E-state index in [1.54, 1.807) is 0 Å². The molecule has 2 rings (SSSR count). The number of hydrogen-bond donors (Lipinski definition) is 1. The Bertz CT molecular complexity index is 248. The van der Waals surface area contributed by atoms with E-state index in [2.05, 4.69) is 5.32 Å². The van der Waals surface area contributed by atoms with Crippen molar-refractivity contribution in [3.63, 3.8) is 0 Å². The maximum Gasteiger partial charge on any atom is 0.235 e. The summed E-state index contributed by atoms with van der Waals surface area (Å²) in [7, 11) is 1.99. The number of nitrogens with zero attached hydrogens (tertiary/aromatic N) is 1. The number of rotatable bonds is 3. The van der Waals surface area contributed by atoms with Crippen LogP contribution in [0.4, 0.5) is 0 Å². The van der Waals surface area contributed by atoms with E-state index in [0.29, 0.717) is 11.8 Å². The third-order valence-corrected chi connectivity index (χ3v) is 5.19. The average molecular weight is 256 g/mol. The van der Waals surface area contributed by atoms with E-state index in [1.165, 1.54) is 25.7 Å². The topological polar surface area (TPSA) is 32.3 Å². The van der Waals surface area contributed by atoms with Crippen molar-refractivity contribution >= 4 is 17.7 Å². The summed E-state index contributed by atoms with van der Waals surface area (Å²) in [6.45, 7) is 3.19. The van der Waals surface area contributed by atoms with Crippen molar-refractivity contribution in [3.8, 4) is 0 Å². The largest absolute Gasteiger partial charge is 0.345 e. The van der Waals surface area contributed by atoms with Gasteiger partial charge in [0, 0.05) is 13.6 Å². The molecule has 3 nitrogen and oxygen atoms in total. The van der Waals surface area contributed by atoms with E-state index in [9.17, 15) is 4.79 Å². The maximum atomic E-state index is 12.3. The summed E-state index contributed by atoms with van der Waals surface area (Å²) in [6, 6.07) is 0. The average Bonchev–Trinajstić information content (AvgIpc) is 2.40. The predicted molar refractivity (Wildman–Crippen MR) is 73.3 cm³/mol. The fourth-order valence-corrected chi connectivity index (χ4v) is 4.03. The van der Waals surface area contributed by atoms with Crippen LogP contribution in [0.2, 0.25) is 0 Å². The van der Waals surface area contributed by atoms with Crippen molar-refractivity contribution < 1.29 is 4.79 Å². The van der Waals surface area contributed by atoms with E-state index in [4.69, 9.17) is 0 Å². The summed E-state index contributed by atoms with van der Waals surface area (Å²) in [5, 5.41) is 3.62. The number of nitrogens with one attached hydrogen (secondary N) is 1. The number of carbonyl (C=O) groups excluding carboxylic acids is 1. The zero-order valence-corrected chi connectivity index (χ0v) is 11.6. The standard InChI is InChI=1S/C13H24N2OS/c1-15(10-11-5-7-14-8-6-11)13(16)12-4-2-3-9-17-12/h11-12,14H,2-10H2,1H3. The van der Waals surface area contributed by atoms with E-state index in [1.807, 2.05) is 23.7 Å². The van der Waals surface area contributed by atoms with Gasteiger partial charge in [0.05, 0.1) is 5.25 Å². The summed E-state index contributed by atoms with van der Waals surface area (Å²) in [5.74, 6) is 2.24. The van der Waals surface area contributed by atoms with E-state index >= 15 is 0 Å². The second-order valence-electron chi connectivity index (χ2n) is 5.27. The van der Waals surface area contributed by atoms with E-state index < -0.39 is 0 Å². The zero-order valence-electron chi connectivity index (χ0n) is 10.8. The lowest BCUT2D eigenvalue weighted by molar-refractivity contribution is -0.130. The third kappa shape index (κ3) is 3.88. The van der Waals surface area contributed by atoms with Crippen molar-refractivity contribution in [2.45, 2.75) is 37.4 Å². The molecular formula is C13H24N2OS. The smallest absolute Gasteiger partial charge is 0.235 e. The molecule has 0 saturated carbocycles.